The minimum absolute atomic E-state index is 0.782. The van der Waals surface area contributed by atoms with Gasteiger partial charge in [-0.3, -0.25) is 4.90 Å². The zero-order chi connectivity index (χ0) is 16.6. The molecular formula is C21H28N2O. The van der Waals surface area contributed by atoms with Gasteiger partial charge in [-0.2, -0.15) is 0 Å². The first kappa shape index (κ1) is 16.8. The first-order valence-electron chi connectivity index (χ1n) is 9.09. The number of likely N-dealkylation sites (tertiary alicyclic amines) is 1. The second-order valence-electron chi connectivity index (χ2n) is 6.39. The lowest BCUT2D eigenvalue weighted by atomic mass is 10.2. The molecule has 0 spiro atoms. The molecule has 0 aliphatic carbocycles. The van der Waals surface area contributed by atoms with E-state index in [1.165, 1.54) is 37.2 Å². The summed E-state index contributed by atoms with van der Waals surface area (Å²) in [6.07, 6.45) is 2.67. The van der Waals surface area contributed by atoms with Crippen LogP contribution in [0.25, 0.3) is 0 Å². The number of nitrogens with zero attached hydrogens (tertiary/aromatic N) is 2. The second kappa shape index (κ2) is 8.74. The highest BCUT2D eigenvalue weighted by molar-refractivity contribution is 5.46. The fourth-order valence-electron chi connectivity index (χ4n) is 3.23. The quantitative estimate of drug-likeness (QED) is 0.724. The van der Waals surface area contributed by atoms with Gasteiger partial charge in [0, 0.05) is 25.3 Å². The Hall–Kier alpha value is -2.00. The van der Waals surface area contributed by atoms with E-state index in [0.717, 1.165) is 32.0 Å². The average molecular weight is 324 g/mol. The number of hydrogen-bond acceptors (Lipinski definition) is 3. The van der Waals surface area contributed by atoms with Crippen LogP contribution in [0, 0.1) is 0 Å². The largest absolute Gasteiger partial charge is 0.492 e. The van der Waals surface area contributed by atoms with Crippen LogP contribution >= 0.6 is 0 Å². The second-order valence-corrected chi connectivity index (χ2v) is 6.39. The van der Waals surface area contributed by atoms with Crippen molar-refractivity contribution in [3.63, 3.8) is 0 Å². The lowest BCUT2D eigenvalue weighted by molar-refractivity contribution is 0.238. The molecule has 128 valence electrons. The fourth-order valence-corrected chi connectivity index (χ4v) is 3.23. The zero-order valence-electron chi connectivity index (χ0n) is 14.7. The smallest absolute Gasteiger partial charge is 0.119 e. The van der Waals surface area contributed by atoms with E-state index in [1.54, 1.807) is 0 Å². The number of para-hydroxylation sites is 1. The maximum atomic E-state index is 5.88. The third-order valence-electron chi connectivity index (χ3n) is 4.67. The Bertz CT molecular complexity index is 591. The van der Waals surface area contributed by atoms with Gasteiger partial charge in [-0.25, -0.2) is 0 Å². The van der Waals surface area contributed by atoms with Crippen LogP contribution in [-0.4, -0.2) is 37.7 Å². The summed E-state index contributed by atoms with van der Waals surface area (Å²) in [5.41, 5.74) is 2.58. The van der Waals surface area contributed by atoms with Gasteiger partial charge in [0.2, 0.25) is 0 Å². The zero-order valence-corrected chi connectivity index (χ0v) is 14.7. The highest BCUT2D eigenvalue weighted by Crippen LogP contribution is 2.18. The Morgan fingerprint density at radius 2 is 1.67 bits per heavy atom. The molecule has 0 amide bonds. The normalized spacial score (nSPS) is 14.7. The molecule has 3 nitrogen and oxygen atoms in total. The summed E-state index contributed by atoms with van der Waals surface area (Å²) < 4.78 is 5.88. The van der Waals surface area contributed by atoms with E-state index in [4.69, 9.17) is 4.74 Å². The van der Waals surface area contributed by atoms with Crippen molar-refractivity contribution in [3.8, 4) is 5.75 Å². The van der Waals surface area contributed by atoms with Crippen LogP contribution in [0.4, 0.5) is 5.69 Å². The Balaban J connectivity index is 1.50. The van der Waals surface area contributed by atoms with E-state index < -0.39 is 0 Å². The van der Waals surface area contributed by atoms with Crippen LogP contribution in [0.2, 0.25) is 0 Å². The Morgan fingerprint density at radius 1 is 0.958 bits per heavy atom. The Kier molecular flexibility index (Phi) is 6.13. The molecule has 1 heterocycles. The molecular weight excluding hydrogens is 296 g/mol. The van der Waals surface area contributed by atoms with Crippen molar-refractivity contribution < 1.29 is 4.74 Å². The topological polar surface area (TPSA) is 15.7 Å². The monoisotopic (exact) mass is 324 g/mol. The summed E-state index contributed by atoms with van der Waals surface area (Å²) in [4.78, 5) is 4.86. The van der Waals surface area contributed by atoms with E-state index in [0.29, 0.717) is 0 Å². The van der Waals surface area contributed by atoms with Crippen molar-refractivity contribution in [2.75, 3.05) is 37.7 Å². The molecule has 3 heteroatoms. The summed E-state index contributed by atoms with van der Waals surface area (Å²) in [5.74, 6) is 0.973. The highest BCUT2D eigenvalue weighted by atomic mass is 16.5. The van der Waals surface area contributed by atoms with Crippen molar-refractivity contribution in [1.29, 1.82) is 0 Å². The van der Waals surface area contributed by atoms with E-state index >= 15 is 0 Å². The van der Waals surface area contributed by atoms with Crippen molar-refractivity contribution in [1.82, 2.24) is 4.90 Å². The van der Waals surface area contributed by atoms with Gasteiger partial charge in [-0.1, -0.05) is 30.3 Å². The van der Waals surface area contributed by atoms with Crippen LogP contribution in [0.5, 0.6) is 5.75 Å². The number of rotatable bonds is 8. The van der Waals surface area contributed by atoms with E-state index in [2.05, 4.69) is 71.3 Å². The molecule has 0 saturated carbocycles. The van der Waals surface area contributed by atoms with Crippen LogP contribution < -0.4 is 9.64 Å². The molecule has 1 fully saturated rings. The molecule has 1 saturated heterocycles. The van der Waals surface area contributed by atoms with Gasteiger partial charge in [-0.05, 0) is 62.7 Å². The Morgan fingerprint density at radius 3 is 2.33 bits per heavy atom. The lowest BCUT2D eigenvalue weighted by Gasteiger charge is -2.23. The van der Waals surface area contributed by atoms with Gasteiger partial charge >= 0.3 is 0 Å². The first-order chi connectivity index (χ1) is 11.8. The highest BCUT2D eigenvalue weighted by Gasteiger charge is 2.10. The predicted molar refractivity (Wildman–Crippen MR) is 101 cm³/mol. The molecule has 3 rings (SSSR count). The summed E-state index contributed by atoms with van der Waals surface area (Å²) in [6, 6.07) is 19.1. The van der Waals surface area contributed by atoms with Crippen LogP contribution in [0.3, 0.4) is 0 Å². The van der Waals surface area contributed by atoms with Crippen LogP contribution in [0.15, 0.2) is 54.6 Å². The number of ether oxygens (including phenoxy) is 1. The van der Waals surface area contributed by atoms with Gasteiger partial charge in [0.15, 0.2) is 0 Å². The van der Waals surface area contributed by atoms with E-state index in [1.807, 2.05) is 0 Å². The van der Waals surface area contributed by atoms with Gasteiger partial charge < -0.3 is 9.64 Å². The molecule has 0 N–H and O–H groups in total. The van der Waals surface area contributed by atoms with Crippen molar-refractivity contribution in [2.24, 2.45) is 0 Å². The van der Waals surface area contributed by atoms with Crippen LogP contribution in [0.1, 0.15) is 25.3 Å². The molecule has 2 aromatic carbocycles. The molecule has 0 aromatic heterocycles. The molecule has 2 aromatic rings. The third kappa shape index (κ3) is 4.75. The summed E-state index contributed by atoms with van der Waals surface area (Å²) >= 11 is 0. The van der Waals surface area contributed by atoms with Gasteiger partial charge in [0.25, 0.3) is 0 Å². The summed E-state index contributed by atoms with van der Waals surface area (Å²) in [7, 11) is 0. The van der Waals surface area contributed by atoms with Crippen molar-refractivity contribution >= 4 is 5.69 Å². The van der Waals surface area contributed by atoms with Gasteiger partial charge in [-0.15, -0.1) is 0 Å². The number of hydrogen-bond donors (Lipinski definition) is 0. The minimum atomic E-state index is 0.782. The van der Waals surface area contributed by atoms with Crippen molar-refractivity contribution in [2.45, 2.75) is 26.3 Å². The van der Waals surface area contributed by atoms with E-state index in [-0.39, 0.29) is 0 Å². The maximum Gasteiger partial charge on any atom is 0.119 e. The molecule has 1 aliphatic rings. The summed E-state index contributed by atoms with van der Waals surface area (Å²) in [5, 5.41) is 0. The lowest BCUT2D eigenvalue weighted by Crippen LogP contribution is -2.25. The van der Waals surface area contributed by atoms with Crippen LogP contribution in [-0.2, 0) is 6.54 Å². The SMILES string of the molecule is CCN(Cc1ccc(OCCN2CCCC2)cc1)c1ccccc1. The number of benzene rings is 2. The molecule has 0 unspecified atom stereocenters. The molecule has 1 aliphatic heterocycles. The first-order valence-corrected chi connectivity index (χ1v) is 9.09. The Labute approximate surface area is 145 Å². The standard InChI is InChI=1S/C21H28N2O/c1-2-23(20-8-4-3-5-9-20)18-19-10-12-21(13-11-19)24-17-16-22-14-6-7-15-22/h3-5,8-13H,2,6-7,14-18H2,1H3. The van der Waals surface area contributed by atoms with Crippen molar-refractivity contribution in [3.05, 3.63) is 60.2 Å². The summed E-state index contributed by atoms with van der Waals surface area (Å²) in [6.45, 7) is 8.41. The maximum absolute atomic E-state index is 5.88. The molecule has 0 atom stereocenters. The van der Waals surface area contributed by atoms with Gasteiger partial charge in [0.1, 0.15) is 12.4 Å². The molecule has 24 heavy (non-hydrogen) atoms. The third-order valence-corrected chi connectivity index (χ3v) is 4.67. The molecule has 0 bridgehead atoms. The molecule has 0 radical (unpaired) electrons. The average Bonchev–Trinajstić information content (AvgIpc) is 3.15. The number of anilines is 1. The van der Waals surface area contributed by atoms with Gasteiger partial charge in [0.05, 0.1) is 0 Å². The minimum Gasteiger partial charge on any atom is -0.492 e. The predicted octanol–water partition coefficient (Wildman–Crippen LogP) is 4.19. The van der Waals surface area contributed by atoms with E-state index in [9.17, 15) is 0 Å². The fraction of sp³-hybridized carbons (Fsp3) is 0.429.